The summed E-state index contributed by atoms with van der Waals surface area (Å²) < 4.78 is 39.0. The van der Waals surface area contributed by atoms with Gasteiger partial charge in [0.05, 0.1) is 23.2 Å². The highest BCUT2D eigenvalue weighted by Gasteiger charge is 2.31. The molecule has 1 aliphatic rings. The Kier molecular flexibility index (Phi) is 8.49. The minimum absolute atomic E-state index is 0.0612. The fraction of sp³-hybridized carbons (Fsp3) is 0.433. The number of benzene rings is 2. The molecule has 3 aromatic rings. The first kappa shape index (κ1) is 30.1. The number of aryl methyl sites for hydroxylation is 2. The second-order valence-corrected chi connectivity index (χ2v) is 13.1. The second kappa shape index (κ2) is 11.6. The first-order valence-corrected chi connectivity index (χ1v) is 15.0. The number of piperidine rings is 1. The SMILES string of the molecule is C=C(CNc1c(C2CCN(C(=O)OC(C)(C)C)CC2)ccc2c1nc(C)n2S(=O)(=O)c1ccc(C)cc1)C(=O)OC. The van der Waals surface area contributed by atoms with E-state index in [-0.39, 0.29) is 29.0 Å². The molecule has 10 nitrogen and oxygen atoms in total. The lowest BCUT2D eigenvalue weighted by molar-refractivity contribution is -0.136. The molecule has 2 heterocycles. The van der Waals surface area contributed by atoms with Crippen LogP contribution in [-0.4, -0.2) is 66.7 Å². The van der Waals surface area contributed by atoms with Crippen molar-refractivity contribution in [1.29, 1.82) is 0 Å². The number of carbonyl (C=O) groups is 2. The molecule has 1 fully saturated rings. The number of nitrogens with one attached hydrogen (secondary N) is 1. The highest BCUT2D eigenvalue weighted by Crippen LogP contribution is 2.38. The summed E-state index contributed by atoms with van der Waals surface area (Å²) >= 11 is 0. The topological polar surface area (TPSA) is 120 Å². The predicted octanol–water partition coefficient (Wildman–Crippen LogP) is 5.15. The molecular weight excluding hydrogens is 544 g/mol. The van der Waals surface area contributed by atoms with Gasteiger partial charge in [0.2, 0.25) is 0 Å². The summed E-state index contributed by atoms with van der Waals surface area (Å²) in [6.07, 6.45) is 1.02. The van der Waals surface area contributed by atoms with Crippen LogP contribution < -0.4 is 5.32 Å². The van der Waals surface area contributed by atoms with Crippen LogP contribution in [-0.2, 0) is 24.3 Å². The Labute approximate surface area is 241 Å². The van der Waals surface area contributed by atoms with Crippen molar-refractivity contribution in [2.75, 3.05) is 32.1 Å². The van der Waals surface area contributed by atoms with Crippen LogP contribution in [0.5, 0.6) is 0 Å². The zero-order valence-corrected chi connectivity index (χ0v) is 25.3. The van der Waals surface area contributed by atoms with Crippen molar-refractivity contribution in [3.8, 4) is 0 Å². The highest BCUT2D eigenvalue weighted by molar-refractivity contribution is 7.90. The third kappa shape index (κ3) is 6.40. The molecular formula is C30H38N4O6S. The molecule has 41 heavy (non-hydrogen) atoms. The number of methoxy groups -OCH3 is 1. The largest absolute Gasteiger partial charge is 0.466 e. The number of carbonyl (C=O) groups excluding carboxylic acids is 2. The predicted molar refractivity (Wildman–Crippen MR) is 158 cm³/mol. The van der Waals surface area contributed by atoms with Crippen LogP contribution in [0.15, 0.2) is 53.4 Å². The number of ether oxygens (including phenoxy) is 2. The van der Waals surface area contributed by atoms with Crippen molar-refractivity contribution in [2.45, 2.75) is 63.9 Å². The molecule has 4 rings (SSSR count). The van der Waals surface area contributed by atoms with Crippen molar-refractivity contribution in [3.05, 3.63) is 65.5 Å². The number of amides is 1. The van der Waals surface area contributed by atoms with Crippen molar-refractivity contribution in [1.82, 2.24) is 13.9 Å². The Balaban J connectivity index is 1.73. The van der Waals surface area contributed by atoms with E-state index in [0.29, 0.717) is 48.5 Å². The van der Waals surface area contributed by atoms with Crippen LogP contribution in [0.1, 0.15) is 56.5 Å². The van der Waals surface area contributed by atoms with E-state index in [4.69, 9.17) is 14.5 Å². The van der Waals surface area contributed by atoms with Crippen molar-refractivity contribution < 1.29 is 27.5 Å². The van der Waals surface area contributed by atoms with Gasteiger partial charge in [-0.1, -0.05) is 30.3 Å². The summed E-state index contributed by atoms with van der Waals surface area (Å²) in [5.41, 5.74) is 3.05. The quantitative estimate of drug-likeness (QED) is 0.300. The Hall–Kier alpha value is -3.86. The Morgan fingerprint density at radius 2 is 1.71 bits per heavy atom. The van der Waals surface area contributed by atoms with Crippen LogP contribution in [0.4, 0.5) is 10.5 Å². The summed E-state index contributed by atoms with van der Waals surface area (Å²) in [5.74, 6) is -0.168. The molecule has 1 N–H and O–H groups in total. The van der Waals surface area contributed by atoms with Crippen LogP contribution in [0.3, 0.4) is 0 Å². The zero-order chi connectivity index (χ0) is 30.1. The lowest BCUT2D eigenvalue weighted by Crippen LogP contribution is -2.41. The molecule has 2 aromatic carbocycles. The normalized spacial score (nSPS) is 14.6. The van der Waals surface area contributed by atoms with Gasteiger partial charge in [-0.15, -0.1) is 0 Å². The Bertz CT molecular complexity index is 1580. The molecule has 1 aromatic heterocycles. The number of fused-ring (bicyclic) bond motifs is 1. The van der Waals surface area contributed by atoms with Gasteiger partial charge >= 0.3 is 12.1 Å². The fourth-order valence-electron chi connectivity index (χ4n) is 5.01. The lowest BCUT2D eigenvalue weighted by Gasteiger charge is -2.34. The van der Waals surface area contributed by atoms with Gasteiger partial charge in [0.25, 0.3) is 10.0 Å². The number of hydrogen-bond donors (Lipinski definition) is 1. The van der Waals surface area contributed by atoms with Gasteiger partial charge in [-0.25, -0.2) is 27.0 Å². The maximum atomic E-state index is 13.7. The summed E-state index contributed by atoms with van der Waals surface area (Å²) in [4.78, 5) is 31.2. The fourth-order valence-corrected chi connectivity index (χ4v) is 6.50. The van der Waals surface area contributed by atoms with E-state index in [2.05, 4.69) is 11.9 Å². The average Bonchev–Trinajstić information content (AvgIpc) is 3.27. The summed E-state index contributed by atoms with van der Waals surface area (Å²) in [5, 5.41) is 3.30. The van der Waals surface area contributed by atoms with Gasteiger partial charge in [-0.3, -0.25) is 0 Å². The minimum atomic E-state index is -3.93. The molecule has 1 aliphatic heterocycles. The Morgan fingerprint density at radius 1 is 1.07 bits per heavy atom. The van der Waals surface area contributed by atoms with E-state index in [9.17, 15) is 18.0 Å². The number of hydrogen-bond acceptors (Lipinski definition) is 8. The molecule has 0 radical (unpaired) electrons. The number of anilines is 1. The van der Waals surface area contributed by atoms with Gasteiger partial charge in [-0.05, 0) is 77.1 Å². The third-order valence-corrected chi connectivity index (χ3v) is 8.88. The zero-order valence-electron chi connectivity index (χ0n) is 24.5. The molecule has 1 amide bonds. The molecule has 0 bridgehead atoms. The minimum Gasteiger partial charge on any atom is -0.466 e. The molecule has 1 saturated heterocycles. The van der Waals surface area contributed by atoms with Gasteiger partial charge in [0.1, 0.15) is 16.9 Å². The molecule has 0 unspecified atom stereocenters. The highest BCUT2D eigenvalue weighted by atomic mass is 32.2. The van der Waals surface area contributed by atoms with E-state index < -0.39 is 21.6 Å². The molecule has 11 heteroatoms. The number of imidazole rings is 1. The van der Waals surface area contributed by atoms with Gasteiger partial charge in [0.15, 0.2) is 0 Å². The van der Waals surface area contributed by atoms with Gasteiger partial charge in [-0.2, -0.15) is 0 Å². The summed E-state index contributed by atoms with van der Waals surface area (Å²) in [6, 6.07) is 10.4. The van der Waals surface area contributed by atoms with E-state index in [1.807, 2.05) is 33.8 Å². The molecule has 0 aliphatic carbocycles. The van der Waals surface area contributed by atoms with E-state index in [1.165, 1.54) is 11.1 Å². The van der Waals surface area contributed by atoms with Crippen molar-refractivity contribution in [2.24, 2.45) is 0 Å². The summed E-state index contributed by atoms with van der Waals surface area (Å²) in [6.45, 7) is 14.0. The number of nitrogens with zero attached hydrogens (tertiary/aromatic N) is 3. The van der Waals surface area contributed by atoms with Crippen molar-refractivity contribution in [3.63, 3.8) is 0 Å². The van der Waals surface area contributed by atoms with E-state index >= 15 is 0 Å². The maximum absolute atomic E-state index is 13.7. The second-order valence-electron chi connectivity index (χ2n) is 11.3. The summed E-state index contributed by atoms with van der Waals surface area (Å²) in [7, 11) is -2.64. The van der Waals surface area contributed by atoms with Crippen LogP contribution in [0, 0.1) is 13.8 Å². The molecule has 0 atom stereocenters. The van der Waals surface area contributed by atoms with Gasteiger partial charge < -0.3 is 19.7 Å². The standard InChI is InChI=1S/C30H38N4O6S/c1-19-8-10-23(11-9-19)41(37,38)34-21(3)32-27-25(34)13-12-24(26(27)31-18-20(2)28(35)39-7)22-14-16-33(17-15-22)29(36)40-30(4,5)6/h8-13,22,31H,2,14-18H2,1,3-7H3. The molecule has 0 spiro atoms. The van der Waals surface area contributed by atoms with Gasteiger partial charge in [0, 0.05) is 25.2 Å². The first-order chi connectivity index (χ1) is 19.2. The number of aromatic nitrogens is 2. The number of likely N-dealkylation sites (tertiary alicyclic amines) is 1. The number of rotatable bonds is 7. The third-order valence-electron chi connectivity index (χ3n) is 7.07. The monoisotopic (exact) mass is 582 g/mol. The van der Waals surface area contributed by atoms with Crippen LogP contribution in [0.25, 0.3) is 11.0 Å². The van der Waals surface area contributed by atoms with Crippen LogP contribution in [0.2, 0.25) is 0 Å². The lowest BCUT2D eigenvalue weighted by atomic mass is 9.88. The smallest absolute Gasteiger partial charge is 0.410 e. The van der Waals surface area contributed by atoms with Crippen molar-refractivity contribution >= 4 is 38.8 Å². The Morgan fingerprint density at radius 3 is 2.29 bits per heavy atom. The molecule has 220 valence electrons. The average molecular weight is 583 g/mol. The van der Waals surface area contributed by atoms with E-state index in [1.54, 1.807) is 42.2 Å². The van der Waals surface area contributed by atoms with E-state index in [0.717, 1.165) is 11.1 Å². The molecule has 0 saturated carbocycles. The first-order valence-electron chi connectivity index (χ1n) is 13.5. The number of esters is 1. The van der Waals surface area contributed by atoms with Crippen LogP contribution >= 0.6 is 0 Å². The maximum Gasteiger partial charge on any atom is 0.410 e.